The van der Waals surface area contributed by atoms with E-state index in [-0.39, 0.29) is 0 Å². The van der Waals surface area contributed by atoms with Crippen molar-refractivity contribution in [3.05, 3.63) is 53.7 Å². The summed E-state index contributed by atoms with van der Waals surface area (Å²) in [6.45, 7) is 0.784. The first-order chi connectivity index (χ1) is 9.92. The van der Waals surface area contributed by atoms with Crippen LogP contribution in [0.5, 0.6) is 0 Å². The molecule has 4 nitrogen and oxygen atoms in total. The summed E-state index contributed by atoms with van der Waals surface area (Å²) in [5.41, 5.74) is 4.11. The van der Waals surface area contributed by atoms with Gasteiger partial charge in [0.25, 0.3) is 0 Å². The van der Waals surface area contributed by atoms with Crippen LogP contribution in [0.3, 0.4) is 0 Å². The van der Waals surface area contributed by atoms with Gasteiger partial charge in [-0.2, -0.15) is 0 Å². The van der Waals surface area contributed by atoms with E-state index in [1.807, 2.05) is 6.20 Å². The summed E-state index contributed by atoms with van der Waals surface area (Å²) >= 11 is 0. The van der Waals surface area contributed by atoms with Gasteiger partial charge in [-0.05, 0) is 30.9 Å². The van der Waals surface area contributed by atoms with Gasteiger partial charge in [0.05, 0.1) is 6.54 Å². The number of rotatable bonds is 3. The first-order valence-electron chi connectivity index (χ1n) is 7.23. The lowest BCUT2D eigenvalue weighted by Gasteiger charge is -2.23. The lowest BCUT2D eigenvalue weighted by molar-refractivity contribution is 0.447. The molecule has 4 rings (SSSR count). The number of H-pyrrole nitrogens is 2. The van der Waals surface area contributed by atoms with Crippen LogP contribution in [0.4, 0.5) is 0 Å². The van der Waals surface area contributed by atoms with E-state index in [0.717, 1.165) is 12.4 Å². The summed E-state index contributed by atoms with van der Waals surface area (Å²) in [5, 5.41) is 5.00. The number of hydrogen-bond donors (Lipinski definition) is 3. The Morgan fingerprint density at radius 3 is 3.15 bits per heavy atom. The number of hydrogen-bond acceptors (Lipinski definition) is 2. The normalized spacial score (nSPS) is 18.3. The lowest BCUT2D eigenvalue weighted by atomic mass is 9.92. The summed E-state index contributed by atoms with van der Waals surface area (Å²) in [4.78, 5) is 11.0. The van der Waals surface area contributed by atoms with Crippen molar-refractivity contribution in [2.24, 2.45) is 0 Å². The van der Waals surface area contributed by atoms with Gasteiger partial charge >= 0.3 is 0 Å². The second-order valence-electron chi connectivity index (χ2n) is 5.42. The topological polar surface area (TPSA) is 56.5 Å². The summed E-state index contributed by atoms with van der Waals surface area (Å²) in [5.74, 6) is 0.994. The van der Waals surface area contributed by atoms with Gasteiger partial charge in [0.15, 0.2) is 0 Å². The second-order valence-corrected chi connectivity index (χ2v) is 5.42. The van der Waals surface area contributed by atoms with Crippen LogP contribution < -0.4 is 5.32 Å². The minimum Gasteiger partial charge on any atom is -0.357 e. The fourth-order valence-electron chi connectivity index (χ4n) is 3.23. The standard InChI is InChI=1S/C16H18N4/c1-2-6-13-11(4-1)12-5-3-7-14(16(12)20-13)19-10-15-17-8-9-18-15/h1-2,4,6,8-9,14,19-20H,3,5,7,10H2,(H,17,18). The molecule has 4 heteroatoms. The average molecular weight is 266 g/mol. The van der Waals surface area contributed by atoms with E-state index in [9.17, 15) is 0 Å². The Labute approximate surface area is 117 Å². The van der Waals surface area contributed by atoms with Gasteiger partial charge < -0.3 is 15.3 Å². The van der Waals surface area contributed by atoms with Crippen molar-refractivity contribution in [1.82, 2.24) is 20.3 Å². The smallest absolute Gasteiger partial charge is 0.120 e. The van der Waals surface area contributed by atoms with Crippen molar-refractivity contribution in [3.8, 4) is 0 Å². The van der Waals surface area contributed by atoms with Crippen LogP contribution in [0.25, 0.3) is 10.9 Å². The first kappa shape index (κ1) is 11.7. The predicted octanol–water partition coefficient (Wildman–Crippen LogP) is 3.06. The fourth-order valence-corrected chi connectivity index (χ4v) is 3.23. The molecule has 20 heavy (non-hydrogen) atoms. The van der Waals surface area contributed by atoms with Crippen molar-refractivity contribution in [2.75, 3.05) is 0 Å². The molecule has 0 fully saturated rings. The molecule has 1 unspecified atom stereocenters. The summed E-state index contributed by atoms with van der Waals surface area (Å²) < 4.78 is 0. The number of aromatic nitrogens is 3. The molecule has 1 aliphatic rings. The molecule has 2 heterocycles. The number of para-hydroxylation sites is 1. The molecule has 1 aliphatic carbocycles. The number of imidazole rings is 1. The van der Waals surface area contributed by atoms with Crippen LogP contribution in [-0.4, -0.2) is 15.0 Å². The SMILES string of the molecule is c1ccc2c3c([nH]c2c1)C(NCc1ncc[nH]1)CCC3. The molecule has 0 aliphatic heterocycles. The molecule has 0 saturated heterocycles. The van der Waals surface area contributed by atoms with Crippen LogP contribution in [0.1, 0.15) is 36.0 Å². The summed E-state index contributed by atoms with van der Waals surface area (Å²) in [7, 11) is 0. The minimum absolute atomic E-state index is 0.399. The Morgan fingerprint density at radius 1 is 1.30 bits per heavy atom. The van der Waals surface area contributed by atoms with Crippen LogP contribution in [0.2, 0.25) is 0 Å². The Bertz CT molecular complexity index is 711. The molecule has 0 bridgehead atoms. The van der Waals surface area contributed by atoms with E-state index in [1.54, 1.807) is 6.20 Å². The zero-order valence-electron chi connectivity index (χ0n) is 11.3. The molecule has 1 atom stereocenters. The molecule has 0 radical (unpaired) electrons. The van der Waals surface area contributed by atoms with Crippen molar-refractivity contribution in [1.29, 1.82) is 0 Å². The number of nitrogens with one attached hydrogen (secondary N) is 3. The minimum atomic E-state index is 0.399. The summed E-state index contributed by atoms with van der Waals surface area (Å²) in [6.07, 6.45) is 7.27. The Morgan fingerprint density at radius 2 is 2.25 bits per heavy atom. The first-order valence-corrected chi connectivity index (χ1v) is 7.23. The van der Waals surface area contributed by atoms with E-state index >= 15 is 0 Å². The van der Waals surface area contributed by atoms with Gasteiger partial charge in [-0.25, -0.2) is 4.98 Å². The molecule has 3 N–H and O–H groups in total. The van der Waals surface area contributed by atoms with Crippen LogP contribution in [0, 0.1) is 0 Å². The van der Waals surface area contributed by atoms with E-state index in [2.05, 4.69) is 44.5 Å². The third-order valence-corrected chi connectivity index (χ3v) is 4.19. The zero-order valence-corrected chi connectivity index (χ0v) is 11.3. The van der Waals surface area contributed by atoms with Crippen molar-refractivity contribution >= 4 is 10.9 Å². The Balaban J connectivity index is 1.64. The number of fused-ring (bicyclic) bond motifs is 3. The molecule has 3 aromatic rings. The maximum Gasteiger partial charge on any atom is 0.120 e. The molecule has 102 valence electrons. The molecule has 0 spiro atoms. The van der Waals surface area contributed by atoms with Crippen molar-refractivity contribution in [2.45, 2.75) is 31.8 Å². The quantitative estimate of drug-likeness (QED) is 0.682. The highest BCUT2D eigenvalue weighted by molar-refractivity contribution is 5.85. The van der Waals surface area contributed by atoms with Gasteiger partial charge in [0.2, 0.25) is 0 Å². The molecule has 0 saturated carbocycles. The fraction of sp³-hybridized carbons (Fsp3) is 0.312. The molecule has 0 amide bonds. The van der Waals surface area contributed by atoms with E-state index in [0.29, 0.717) is 6.04 Å². The highest BCUT2D eigenvalue weighted by atomic mass is 15.0. The largest absolute Gasteiger partial charge is 0.357 e. The lowest BCUT2D eigenvalue weighted by Crippen LogP contribution is -2.25. The highest BCUT2D eigenvalue weighted by Crippen LogP contribution is 2.34. The zero-order chi connectivity index (χ0) is 13.4. The van der Waals surface area contributed by atoms with Crippen LogP contribution >= 0.6 is 0 Å². The monoisotopic (exact) mass is 266 g/mol. The molecule has 1 aromatic carbocycles. The maximum atomic E-state index is 4.27. The summed E-state index contributed by atoms with van der Waals surface area (Å²) in [6, 6.07) is 9.00. The van der Waals surface area contributed by atoms with E-state index in [4.69, 9.17) is 0 Å². The highest BCUT2D eigenvalue weighted by Gasteiger charge is 2.23. The van der Waals surface area contributed by atoms with E-state index < -0.39 is 0 Å². The Kier molecular flexibility index (Phi) is 2.81. The van der Waals surface area contributed by atoms with Gasteiger partial charge in [-0.15, -0.1) is 0 Å². The van der Waals surface area contributed by atoms with Gasteiger partial charge in [0.1, 0.15) is 5.82 Å². The third-order valence-electron chi connectivity index (χ3n) is 4.19. The molecular weight excluding hydrogens is 248 g/mol. The number of nitrogens with zero attached hydrogens (tertiary/aromatic N) is 1. The number of aryl methyl sites for hydroxylation is 1. The Hall–Kier alpha value is -2.07. The second kappa shape index (κ2) is 4.80. The van der Waals surface area contributed by atoms with Crippen molar-refractivity contribution in [3.63, 3.8) is 0 Å². The van der Waals surface area contributed by atoms with Crippen LogP contribution in [0.15, 0.2) is 36.7 Å². The van der Waals surface area contributed by atoms with Gasteiger partial charge in [-0.3, -0.25) is 0 Å². The van der Waals surface area contributed by atoms with E-state index in [1.165, 1.54) is 41.4 Å². The van der Waals surface area contributed by atoms with Gasteiger partial charge in [-0.1, -0.05) is 18.2 Å². The van der Waals surface area contributed by atoms with Gasteiger partial charge in [0, 0.05) is 35.0 Å². The predicted molar refractivity (Wildman–Crippen MR) is 79.4 cm³/mol. The molecular formula is C16H18N4. The number of aromatic amines is 2. The van der Waals surface area contributed by atoms with Crippen molar-refractivity contribution < 1.29 is 0 Å². The maximum absolute atomic E-state index is 4.27. The van der Waals surface area contributed by atoms with Crippen LogP contribution in [-0.2, 0) is 13.0 Å². The third kappa shape index (κ3) is 1.93. The molecule has 2 aromatic heterocycles. The average Bonchev–Trinajstić information content (AvgIpc) is 3.12. The number of benzene rings is 1.